The number of carbonyl (C=O) groups is 1. The second-order valence-corrected chi connectivity index (χ2v) is 10.4. The number of imidazole rings is 1. The van der Waals surface area contributed by atoms with Crippen molar-refractivity contribution < 1.29 is 14.3 Å². The predicted molar refractivity (Wildman–Crippen MR) is 145 cm³/mol. The second-order valence-electron chi connectivity index (χ2n) is 10.4. The molecule has 8 nitrogen and oxygen atoms in total. The first-order valence-corrected chi connectivity index (χ1v) is 13.3. The van der Waals surface area contributed by atoms with Crippen LogP contribution in [0.2, 0.25) is 0 Å². The van der Waals surface area contributed by atoms with Gasteiger partial charge in [-0.3, -0.25) is 4.79 Å². The number of nitrogens with two attached hydrogens (primary N) is 1. The topological polar surface area (TPSA) is 87.5 Å². The second kappa shape index (κ2) is 9.84. The lowest BCUT2D eigenvalue weighted by Crippen LogP contribution is -2.45. The molecule has 2 aromatic carbocycles. The summed E-state index contributed by atoms with van der Waals surface area (Å²) in [7, 11) is 3.67. The van der Waals surface area contributed by atoms with Gasteiger partial charge in [0.1, 0.15) is 11.3 Å². The molecule has 37 heavy (non-hydrogen) atoms. The maximum absolute atomic E-state index is 13.4. The number of amides is 1. The fourth-order valence-electron chi connectivity index (χ4n) is 5.98. The predicted octanol–water partition coefficient (Wildman–Crippen LogP) is 4.19. The Morgan fingerprint density at radius 3 is 2.76 bits per heavy atom. The Labute approximate surface area is 216 Å². The zero-order valence-corrected chi connectivity index (χ0v) is 21.7. The molecule has 0 saturated carbocycles. The number of rotatable bonds is 5. The van der Waals surface area contributed by atoms with E-state index >= 15 is 0 Å². The Hall–Kier alpha value is -3.36. The summed E-state index contributed by atoms with van der Waals surface area (Å²) in [6, 6.07) is 14.5. The van der Waals surface area contributed by atoms with E-state index in [4.69, 9.17) is 20.2 Å². The molecule has 8 heteroatoms. The van der Waals surface area contributed by atoms with Crippen LogP contribution in [0.25, 0.3) is 33.5 Å². The minimum absolute atomic E-state index is 0.0174. The highest BCUT2D eigenvalue weighted by Gasteiger charge is 2.26. The van der Waals surface area contributed by atoms with E-state index in [1.54, 1.807) is 7.11 Å². The quantitative estimate of drug-likeness (QED) is 0.443. The highest BCUT2D eigenvalue weighted by atomic mass is 16.5. The number of piperidine rings is 1. The number of para-hydroxylation sites is 1. The number of nitrogens with zero attached hydrogens (tertiary/aromatic N) is 4. The van der Waals surface area contributed by atoms with Gasteiger partial charge in [0.05, 0.1) is 18.3 Å². The number of aryl methyl sites for hydroxylation is 1. The minimum atomic E-state index is -0.0174. The maximum Gasteiger partial charge on any atom is 0.254 e. The smallest absolute Gasteiger partial charge is 0.254 e. The summed E-state index contributed by atoms with van der Waals surface area (Å²) < 4.78 is 15.9. The Morgan fingerprint density at radius 2 is 1.97 bits per heavy atom. The Kier molecular flexibility index (Phi) is 6.38. The van der Waals surface area contributed by atoms with Crippen LogP contribution in [0.4, 0.5) is 0 Å². The molecule has 2 aromatic heterocycles. The summed E-state index contributed by atoms with van der Waals surface area (Å²) >= 11 is 0. The first kappa shape index (κ1) is 24.0. The molecular weight excluding hydrogens is 466 g/mol. The normalized spacial score (nSPS) is 19.1. The maximum atomic E-state index is 13.4. The van der Waals surface area contributed by atoms with E-state index in [0.717, 1.165) is 74.5 Å². The van der Waals surface area contributed by atoms with Gasteiger partial charge in [0.25, 0.3) is 5.91 Å². The molecule has 1 unspecified atom stereocenters. The van der Waals surface area contributed by atoms with E-state index in [1.807, 2.05) is 24.1 Å². The first-order chi connectivity index (χ1) is 18.0. The van der Waals surface area contributed by atoms with Gasteiger partial charge in [-0.2, -0.15) is 0 Å². The monoisotopic (exact) mass is 501 g/mol. The molecule has 0 aliphatic carbocycles. The van der Waals surface area contributed by atoms with Gasteiger partial charge < -0.3 is 29.2 Å². The van der Waals surface area contributed by atoms with Crippen molar-refractivity contribution in [1.82, 2.24) is 19.0 Å². The summed E-state index contributed by atoms with van der Waals surface area (Å²) in [5.41, 5.74) is 10.7. The van der Waals surface area contributed by atoms with Crippen molar-refractivity contribution in [2.75, 3.05) is 33.4 Å². The van der Waals surface area contributed by atoms with Crippen molar-refractivity contribution in [3.8, 4) is 17.3 Å². The first-order valence-electron chi connectivity index (χ1n) is 13.3. The zero-order chi connectivity index (χ0) is 25.5. The van der Waals surface area contributed by atoms with E-state index in [-0.39, 0.29) is 11.9 Å². The number of methoxy groups -OCH3 is 1. The van der Waals surface area contributed by atoms with Crippen LogP contribution in [0.3, 0.4) is 0 Å². The molecule has 2 saturated heterocycles. The Morgan fingerprint density at radius 1 is 1.16 bits per heavy atom. The van der Waals surface area contributed by atoms with Gasteiger partial charge in [0.2, 0.25) is 0 Å². The molecule has 0 spiro atoms. The molecule has 1 atom stereocenters. The lowest BCUT2D eigenvalue weighted by atomic mass is 10.0. The minimum Gasteiger partial charge on any atom is -0.494 e. The Balaban J connectivity index is 1.45. The number of likely N-dealkylation sites (tertiary alicyclic amines) is 1. The summed E-state index contributed by atoms with van der Waals surface area (Å²) in [5, 5.41) is 1.20. The van der Waals surface area contributed by atoms with Gasteiger partial charge in [-0.1, -0.05) is 18.2 Å². The lowest BCUT2D eigenvalue weighted by molar-refractivity contribution is 0.0617. The SMILES string of the molecule is COc1cc(C(=O)N2CCCC(N)C2)cc2nc(-c3cc4ccccc4n3CC3CCOCC3)n(C)c12. The van der Waals surface area contributed by atoms with Gasteiger partial charge >= 0.3 is 0 Å². The molecule has 194 valence electrons. The molecule has 6 rings (SSSR count). The standard InChI is InChI=1S/C29H35N5O3/c1-32-27-23(14-21(16-26(27)36-2)29(35)33-11-5-7-22(30)18-33)31-28(32)25-15-20-6-3-4-8-24(20)34(25)17-19-9-12-37-13-10-19/h3-4,6,8,14-16,19,22H,5,7,9-13,17-18,30H2,1-2H3. The number of benzene rings is 2. The van der Waals surface area contributed by atoms with Gasteiger partial charge in [-0.15, -0.1) is 0 Å². The third kappa shape index (κ3) is 4.38. The number of ether oxygens (including phenoxy) is 2. The highest BCUT2D eigenvalue weighted by Crippen LogP contribution is 2.35. The third-order valence-corrected chi connectivity index (χ3v) is 7.97. The highest BCUT2D eigenvalue weighted by molar-refractivity contribution is 6.00. The van der Waals surface area contributed by atoms with E-state index in [2.05, 4.69) is 39.5 Å². The van der Waals surface area contributed by atoms with Crippen molar-refractivity contribution in [3.63, 3.8) is 0 Å². The number of aromatic nitrogens is 3. The van der Waals surface area contributed by atoms with Gasteiger partial charge in [-0.25, -0.2) is 4.98 Å². The van der Waals surface area contributed by atoms with Crippen molar-refractivity contribution >= 4 is 27.8 Å². The summed E-state index contributed by atoms with van der Waals surface area (Å²) in [6.45, 7) is 3.87. The fraction of sp³-hybridized carbons (Fsp3) is 0.448. The molecule has 0 bridgehead atoms. The molecule has 4 heterocycles. The van der Waals surface area contributed by atoms with Crippen LogP contribution in [0.5, 0.6) is 5.75 Å². The van der Waals surface area contributed by atoms with Crippen molar-refractivity contribution in [1.29, 1.82) is 0 Å². The number of carbonyl (C=O) groups excluding carboxylic acids is 1. The van der Waals surface area contributed by atoms with Crippen LogP contribution in [-0.4, -0.2) is 64.4 Å². The average Bonchev–Trinajstić information content (AvgIpc) is 3.45. The van der Waals surface area contributed by atoms with Crippen LogP contribution >= 0.6 is 0 Å². The lowest BCUT2D eigenvalue weighted by Gasteiger charge is -2.30. The summed E-state index contributed by atoms with van der Waals surface area (Å²) in [4.78, 5) is 20.3. The van der Waals surface area contributed by atoms with Gasteiger partial charge in [-0.05, 0) is 55.9 Å². The zero-order valence-electron chi connectivity index (χ0n) is 21.7. The van der Waals surface area contributed by atoms with Crippen LogP contribution in [0.1, 0.15) is 36.0 Å². The van der Waals surface area contributed by atoms with Crippen LogP contribution in [-0.2, 0) is 18.3 Å². The van der Waals surface area contributed by atoms with Crippen LogP contribution < -0.4 is 10.5 Å². The number of hydrogen-bond donors (Lipinski definition) is 1. The molecule has 2 N–H and O–H groups in total. The van der Waals surface area contributed by atoms with Crippen LogP contribution in [0.15, 0.2) is 42.5 Å². The number of fused-ring (bicyclic) bond motifs is 2. The van der Waals surface area contributed by atoms with Crippen molar-refractivity contribution in [2.24, 2.45) is 18.7 Å². The molecule has 2 aliphatic rings. The molecular formula is C29H35N5O3. The molecule has 2 fully saturated rings. The summed E-state index contributed by atoms with van der Waals surface area (Å²) in [6.07, 6.45) is 4.01. The molecule has 4 aromatic rings. The van der Waals surface area contributed by atoms with Crippen molar-refractivity contribution in [3.05, 3.63) is 48.0 Å². The largest absolute Gasteiger partial charge is 0.494 e. The molecule has 1 amide bonds. The summed E-state index contributed by atoms with van der Waals surface area (Å²) in [5.74, 6) is 2.06. The Bertz CT molecular complexity index is 1450. The van der Waals surface area contributed by atoms with Gasteiger partial charge in [0, 0.05) is 62.4 Å². The fourth-order valence-corrected chi connectivity index (χ4v) is 5.98. The van der Waals surface area contributed by atoms with E-state index in [9.17, 15) is 4.79 Å². The van der Waals surface area contributed by atoms with E-state index < -0.39 is 0 Å². The number of hydrogen-bond acceptors (Lipinski definition) is 5. The average molecular weight is 502 g/mol. The van der Waals surface area contributed by atoms with Crippen molar-refractivity contribution in [2.45, 2.75) is 38.3 Å². The van der Waals surface area contributed by atoms with Gasteiger partial charge in [0.15, 0.2) is 5.82 Å². The van der Waals surface area contributed by atoms with E-state index in [1.165, 1.54) is 10.9 Å². The third-order valence-electron chi connectivity index (χ3n) is 7.97. The molecule has 0 radical (unpaired) electrons. The van der Waals surface area contributed by atoms with E-state index in [0.29, 0.717) is 23.8 Å². The molecule has 2 aliphatic heterocycles. The van der Waals surface area contributed by atoms with Crippen LogP contribution in [0, 0.1) is 5.92 Å².